The van der Waals surface area contributed by atoms with Gasteiger partial charge in [-0.05, 0) is 36.4 Å². The SMILES string of the molecule is CCN(CC)S(=O)(=O)c1cccc(C(=O)NNC(=O)c2ccc(N(C)C)c(F)c2)c1. The van der Waals surface area contributed by atoms with Crippen LogP contribution in [0.25, 0.3) is 0 Å². The lowest BCUT2D eigenvalue weighted by Gasteiger charge is -2.18. The largest absolute Gasteiger partial charge is 0.375 e. The van der Waals surface area contributed by atoms with E-state index in [1.807, 2.05) is 0 Å². The van der Waals surface area contributed by atoms with Crippen LogP contribution in [0.5, 0.6) is 0 Å². The number of hydrogen-bond donors (Lipinski definition) is 2. The van der Waals surface area contributed by atoms with E-state index < -0.39 is 27.7 Å². The molecule has 0 heterocycles. The van der Waals surface area contributed by atoms with Gasteiger partial charge >= 0.3 is 0 Å². The molecule has 0 aliphatic heterocycles. The Morgan fingerprint density at radius 3 is 2.00 bits per heavy atom. The third-order valence-electron chi connectivity index (χ3n) is 4.42. The molecule has 0 aliphatic carbocycles. The minimum absolute atomic E-state index is 0.0217. The first-order valence-electron chi connectivity index (χ1n) is 9.29. The van der Waals surface area contributed by atoms with Crippen molar-refractivity contribution < 1.29 is 22.4 Å². The third kappa shape index (κ3) is 5.14. The van der Waals surface area contributed by atoms with Crippen molar-refractivity contribution in [1.29, 1.82) is 0 Å². The van der Waals surface area contributed by atoms with Gasteiger partial charge < -0.3 is 4.90 Å². The zero-order valence-electron chi connectivity index (χ0n) is 17.3. The molecule has 0 spiro atoms. The number of nitrogens with zero attached hydrogens (tertiary/aromatic N) is 2. The molecule has 0 radical (unpaired) electrons. The average Bonchev–Trinajstić information content (AvgIpc) is 2.72. The number of rotatable bonds is 7. The maximum Gasteiger partial charge on any atom is 0.269 e. The summed E-state index contributed by atoms with van der Waals surface area (Å²) in [5, 5.41) is 0. The number of nitrogens with one attached hydrogen (secondary N) is 2. The van der Waals surface area contributed by atoms with Gasteiger partial charge in [0.1, 0.15) is 5.82 Å². The van der Waals surface area contributed by atoms with E-state index in [1.165, 1.54) is 40.7 Å². The van der Waals surface area contributed by atoms with Crippen LogP contribution in [0, 0.1) is 5.82 Å². The molecule has 162 valence electrons. The Morgan fingerprint density at radius 1 is 0.933 bits per heavy atom. The van der Waals surface area contributed by atoms with Crippen molar-refractivity contribution in [2.24, 2.45) is 0 Å². The average molecular weight is 437 g/mol. The molecule has 2 aromatic carbocycles. The number of halogens is 1. The Labute approximate surface area is 175 Å². The molecule has 30 heavy (non-hydrogen) atoms. The van der Waals surface area contributed by atoms with Crippen molar-refractivity contribution in [3.63, 3.8) is 0 Å². The number of carbonyl (C=O) groups excluding carboxylic acids is 2. The molecule has 0 saturated carbocycles. The predicted octanol–water partition coefficient (Wildman–Crippen LogP) is 2.00. The molecular formula is C20H25FN4O4S. The quantitative estimate of drug-likeness (QED) is 0.647. The number of anilines is 1. The lowest BCUT2D eigenvalue weighted by atomic mass is 10.2. The van der Waals surface area contributed by atoms with Crippen LogP contribution in [0.3, 0.4) is 0 Å². The van der Waals surface area contributed by atoms with Gasteiger partial charge in [0.2, 0.25) is 10.0 Å². The lowest BCUT2D eigenvalue weighted by molar-refractivity contribution is 0.0846. The molecule has 2 N–H and O–H groups in total. The van der Waals surface area contributed by atoms with Crippen LogP contribution in [0.4, 0.5) is 10.1 Å². The highest BCUT2D eigenvalue weighted by Crippen LogP contribution is 2.19. The summed E-state index contributed by atoms with van der Waals surface area (Å²) in [6, 6.07) is 9.45. The fourth-order valence-electron chi connectivity index (χ4n) is 2.78. The van der Waals surface area contributed by atoms with Gasteiger partial charge in [0.25, 0.3) is 11.8 Å². The second-order valence-corrected chi connectivity index (χ2v) is 8.52. The lowest BCUT2D eigenvalue weighted by Crippen LogP contribution is -2.41. The molecule has 0 atom stereocenters. The van der Waals surface area contributed by atoms with Gasteiger partial charge in [-0.25, -0.2) is 12.8 Å². The smallest absolute Gasteiger partial charge is 0.269 e. The molecule has 0 bridgehead atoms. The van der Waals surface area contributed by atoms with Crippen molar-refractivity contribution >= 4 is 27.5 Å². The normalized spacial score (nSPS) is 11.3. The van der Waals surface area contributed by atoms with Gasteiger partial charge in [-0.1, -0.05) is 19.9 Å². The van der Waals surface area contributed by atoms with Crippen LogP contribution in [0.15, 0.2) is 47.4 Å². The summed E-state index contributed by atoms with van der Waals surface area (Å²) in [6.07, 6.45) is 0. The summed E-state index contributed by atoms with van der Waals surface area (Å²) >= 11 is 0. The highest BCUT2D eigenvalue weighted by atomic mass is 32.2. The van der Waals surface area contributed by atoms with Crippen molar-refractivity contribution in [1.82, 2.24) is 15.2 Å². The molecule has 0 unspecified atom stereocenters. The Bertz CT molecular complexity index is 1040. The van der Waals surface area contributed by atoms with Crippen molar-refractivity contribution in [2.75, 3.05) is 32.1 Å². The maximum absolute atomic E-state index is 14.0. The van der Waals surface area contributed by atoms with Crippen molar-refractivity contribution in [3.05, 3.63) is 59.4 Å². The topological polar surface area (TPSA) is 98.8 Å². The number of sulfonamides is 1. The molecule has 2 amide bonds. The van der Waals surface area contributed by atoms with Gasteiger partial charge in [0, 0.05) is 38.3 Å². The molecule has 0 aromatic heterocycles. The summed E-state index contributed by atoms with van der Waals surface area (Å²) in [6.45, 7) is 4.05. The van der Waals surface area contributed by atoms with Gasteiger partial charge in [-0.2, -0.15) is 4.31 Å². The Morgan fingerprint density at radius 2 is 1.50 bits per heavy atom. The Hall–Kier alpha value is -2.98. The summed E-state index contributed by atoms with van der Waals surface area (Å²) in [7, 11) is -0.380. The Balaban J connectivity index is 2.12. The van der Waals surface area contributed by atoms with Crippen molar-refractivity contribution in [3.8, 4) is 0 Å². The van der Waals surface area contributed by atoms with Crippen LogP contribution >= 0.6 is 0 Å². The van der Waals surface area contributed by atoms with Gasteiger partial charge in [-0.15, -0.1) is 0 Å². The minimum atomic E-state index is -3.73. The Kier molecular flexibility index (Phi) is 7.52. The first kappa shape index (κ1) is 23.3. The maximum atomic E-state index is 14.0. The minimum Gasteiger partial charge on any atom is -0.375 e. The van der Waals surface area contributed by atoms with E-state index in [-0.39, 0.29) is 16.0 Å². The van der Waals surface area contributed by atoms with E-state index in [0.29, 0.717) is 18.8 Å². The van der Waals surface area contributed by atoms with E-state index in [1.54, 1.807) is 32.8 Å². The summed E-state index contributed by atoms with van der Waals surface area (Å²) < 4.78 is 40.5. The fraction of sp³-hybridized carbons (Fsp3) is 0.300. The van der Waals surface area contributed by atoms with Gasteiger partial charge in [0.05, 0.1) is 10.6 Å². The number of benzene rings is 2. The molecule has 8 nitrogen and oxygen atoms in total. The number of hydrazine groups is 1. The van der Waals surface area contributed by atoms with E-state index in [0.717, 1.165) is 6.07 Å². The second-order valence-electron chi connectivity index (χ2n) is 6.59. The third-order valence-corrected chi connectivity index (χ3v) is 6.47. The summed E-state index contributed by atoms with van der Waals surface area (Å²) in [5.41, 5.74) is 4.81. The predicted molar refractivity (Wildman–Crippen MR) is 112 cm³/mol. The van der Waals surface area contributed by atoms with E-state index in [4.69, 9.17) is 0 Å². The van der Waals surface area contributed by atoms with Gasteiger partial charge in [0.15, 0.2) is 0 Å². The van der Waals surface area contributed by atoms with E-state index in [9.17, 15) is 22.4 Å². The molecular weight excluding hydrogens is 411 g/mol. The summed E-state index contributed by atoms with van der Waals surface area (Å²) in [4.78, 5) is 26.1. The summed E-state index contributed by atoms with van der Waals surface area (Å²) in [5.74, 6) is -1.99. The fourth-order valence-corrected chi connectivity index (χ4v) is 4.28. The number of hydrogen-bond acceptors (Lipinski definition) is 5. The molecule has 2 rings (SSSR count). The van der Waals surface area contributed by atoms with Crippen LogP contribution in [0.1, 0.15) is 34.6 Å². The van der Waals surface area contributed by atoms with Crippen LogP contribution < -0.4 is 15.8 Å². The number of amides is 2. The van der Waals surface area contributed by atoms with E-state index >= 15 is 0 Å². The molecule has 0 saturated heterocycles. The van der Waals surface area contributed by atoms with Gasteiger partial charge in [-0.3, -0.25) is 20.4 Å². The van der Waals surface area contributed by atoms with Crippen LogP contribution in [-0.4, -0.2) is 51.7 Å². The second kappa shape index (κ2) is 9.68. The molecule has 0 aliphatic rings. The highest BCUT2D eigenvalue weighted by Gasteiger charge is 2.22. The molecule has 2 aromatic rings. The number of carbonyl (C=O) groups is 2. The standard InChI is InChI=1S/C20H25FN4O4S/c1-5-25(6-2)30(28,29)16-9-7-8-14(12-16)19(26)22-23-20(27)15-10-11-18(24(3)4)17(21)13-15/h7-13H,5-6H2,1-4H3,(H,22,26)(H,23,27). The highest BCUT2D eigenvalue weighted by molar-refractivity contribution is 7.89. The van der Waals surface area contributed by atoms with Crippen LogP contribution in [-0.2, 0) is 10.0 Å². The molecule has 10 heteroatoms. The van der Waals surface area contributed by atoms with E-state index in [2.05, 4.69) is 10.9 Å². The zero-order chi connectivity index (χ0) is 22.5. The van der Waals surface area contributed by atoms with Crippen molar-refractivity contribution in [2.45, 2.75) is 18.7 Å². The monoisotopic (exact) mass is 436 g/mol. The first-order valence-corrected chi connectivity index (χ1v) is 10.7. The zero-order valence-corrected chi connectivity index (χ0v) is 18.1. The molecule has 0 fully saturated rings. The van der Waals surface area contributed by atoms with Crippen LogP contribution in [0.2, 0.25) is 0 Å². The first-order chi connectivity index (χ1) is 14.1.